The normalized spacial score (nSPS) is 28.2. The van der Waals surface area contributed by atoms with Crippen molar-refractivity contribution in [3.05, 3.63) is 53.1 Å². The Labute approximate surface area is 219 Å². The molecule has 2 aromatic rings. The van der Waals surface area contributed by atoms with E-state index in [1.165, 1.54) is 7.11 Å². The average Bonchev–Trinajstić information content (AvgIpc) is 3.27. The van der Waals surface area contributed by atoms with E-state index in [-0.39, 0.29) is 24.0 Å². The van der Waals surface area contributed by atoms with Crippen molar-refractivity contribution in [2.75, 3.05) is 34.5 Å². The van der Waals surface area contributed by atoms with E-state index >= 15 is 0 Å². The fourth-order valence-electron chi connectivity index (χ4n) is 4.49. The highest BCUT2D eigenvalue weighted by atomic mass is 16.7. The predicted octanol–water partition coefficient (Wildman–Crippen LogP) is 0.690. The molecular weight excluding hydrogens is 500 g/mol. The first kappa shape index (κ1) is 27.7. The lowest BCUT2D eigenvalue weighted by Crippen LogP contribution is -2.60. The van der Waals surface area contributed by atoms with Gasteiger partial charge in [0.2, 0.25) is 6.29 Å². The van der Waals surface area contributed by atoms with Crippen molar-refractivity contribution in [2.45, 2.75) is 37.1 Å². The fraction of sp³-hybridized carbons (Fsp3) is 0.444. The van der Waals surface area contributed by atoms with Crippen LogP contribution in [0.25, 0.3) is 6.08 Å². The molecule has 6 atom stereocenters. The molecule has 2 fully saturated rings. The standard InChI is InChI=1S/C27H32O11/c1-33-18-6-4-14(10-20(18)34-2)8-16-13-36-26(32)17(16)9-15-5-7-19(21(11-15)35-3)37-27-25(31)24(30)23(29)22(12-28)38-27/h4-7,9-11,16,22-25,27-31H,8,12-13H2,1-3H3/t16-,22-,23-,24+,25-,27-/m1/s1. The summed E-state index contributed by atoms with van der Waals surface area (Å²) in [6.07, 6.45) is -4.83. The van der Waals surface area contributed by atoms with E-state index in [0.29, 0.717) is 29.1 Å². The Bertz CT molecular complexity index is 1160. The highest BCUT2D eigenvalue weighted by molar-refractivity contribution is 5.96. The maximum atomic E-state index is 12.5. The monoisotopic (exact) mass is 532 g/mol. The second-order valence-corrected chi connectivity index (χ2v) is 9.01. The van der Waals surface area contributed by atoms with Crippen LogP contribution in [0.3, 0.4) is 0 Å². The van der Waals surface area contributed by atoms with Gasteiger partial charge in [-0.3, -0.25) is 0 Å². The Morgan fingerprint density at radius 3 is 2.26 bits per heavy atom. The first-order chi connectivity index (χ1) is 18.3. The smallest absolute Gasteiger partial charge is 0.334 e. The SMILES string of the molecule is COc1ccc(C[C@@H]2COC(=O)C2=Cc2ccc(O[C@@H]3O[C@H](CO)[C@@H](O)[C@H](O)[C@H]3O)c(OC)c2)cc1OC. The van der Waals surface area contributed by atoms with Crippen LogP contribution in [0.15, 0.2) is 42.0 Å². The summed E-state index contributed by atoms with van der Waals surface area (Å²) in [6, 6.07) is 10.5. The van der Waals surface area contributed by atoms with Gasteiger partial charge in [-0.05, 0) is 47.9 Å². The highest BCUT2D eigenvalue weighted by Gasteiger charge is 2.45. The maximum Gasteiger partial charge on any atom is 0.334 e. The number of benzene rings is 2. The minimum Gasteiger partial charge on any atom is -0.493 e. The number of hydrogen-bond donors (Lipinski definition) is 4. The van der Waals surface area contributed by atoms with Gasteiger partial charge in [0.25, 0.3) is 0 Å². The van der Waals surface area contributed by atoms with Crippen molar-refractivity contribution >= 4 is 12.0 Å². The van der Waals surface area contributed by atoms with E-state index in [4.69, 9.17) is 28.4 Å². The number of hydrogen-bond acceptors (Lipinski definition) is 11. The lowest BCUT2D eigenvalue weighted by Gasteiger charge is -2.39. The molecule has 2 saturated heterocycles. The summed E-state index contributed by atoms with van der Waals surface area (Å²) in [7, 11) is 4.56. The number of aliphatic hydroxyl groups excluding tert-OH is 4. The quantitative estimate of drug-likeness (QED) is 0.266. The molecule has 2 heterocycles. The summed E-state index contributed by atoms with van der Waals surface area (Å²) >= 11 is 0. The number of carbonyl (C=O) groups excluding carboxylic acids is 1. The van der Waals surface area contributed by atoms with E-state index in [1.807, 2.05) is 18.2 Å². The third kappa shape index (κ3) is 5.71. The number of methoxy groups -OCH3 is 3. The summed E-state index contributed by atoms with van der Waals surface area (Å²) in [5.74, 6) is 1.09. The average molecular weight is 533 g/mol. The maximum absolute atomic E-state index is 12.5. The van der Waals surface area contributed by atoms with Gasteiger partial charge in [0.1, 0.15) is 24.4 Å². The molecule has 4 rings (SSSR count). The number of ether oxygens (including phenoxy) is 6. The van der Waals surface area contributed by atoms with Crippen molar-refractivity contribution in [1.82, 2.24) is 0 Å². The summed E-state index contributed by atoms with van der Waals surface area (Å²) < 4.78 is 32.6. The van der Waals surface area contributed by atoms with Crippen molar-refractivity contribution in [1.29, 1.82) is 0 Å². The molecule has 2 aromatic carbocycles. The Balaban J connectivity index is 1.53. The summed E-state index contributed by atoms with van der Waals surface area (Å²) in [5, 5.41) is 39.7. The zero-order valence-corrected chi connectivity index (χ0v) is 21.3. The molecule has 0 aliphatic carbocycles. The highest BCUT2D eigenvalue weighted by Crippen LogP contribution is 2.35. The predicted molar refractivity (Wildman–Crippen MR) is 133 cm³/mol. The Hall–Kier alpha value is -3.35. The zero-order chi connectivity index (χ0) is 27.4. The second kappa shape index (κ2) is 12.0. The van der Waals surface area contributed by atoms with Crippen LogP contribution in [0.1, 0.15) is 11.1 Å². The van der Waals surface area contributed by atoms with Gasteiger partial charge >= 0.3 is 5.97 Å². The van der Waals surface area contributed by atoms with Crippen LogP contribution >= 0.6 is 0 Å². The van der Waals surface area contributed by atoms with Gasteiger partial charge in [-0.1, -0.05) is 12.1 Å². The first-order valence-corrected chi connectivity index (χ1v) is 12.0. The lowest BCUT2D eigenvalue weighted by molar-refractivity contribution is -0.277. The molecule has 0 amide bonds. The molecule has 0 spiro atoms. The third-order valence-corrected chi connectivity index (χ3v) is 6.62. The fourth-order valence-corrected chi connectivity index (χ4v) is 4.49. The van der Waals surface area contributed by atoms with Gasteiger partial charge < -0.3 is 48.8 Å². The summed E-state index contributed by atoms with van der Waals surface area (Å²) in [6.45, 7) is -0.330. The Kier molecular flexibility index (Phi) is 8.75. The number of carbonyl (C=O) groups is 1. The van der Waals surface area contributed by atoms with Gasteiger partial charge in [-0.15, -0.1) is 0 Å². The minimum atomic E-state index is -1.57. The van der Waals surface area contributed by atoms with Crippen LogP contribution in [-0.4, -0.2) is 91.6 Å². The van der Waals surface area contributed by atoms with Gasteiger partial charge in [0.15, 0.2) is 23.0 Å². The minimum absolute atomic E-state index is 0.184. The summed E-state index contributed by atoms with van der Waals surface area (Å²) in [5.41, 5.74) is 2.11. The largest absolute Gasteiger partial charge is 0.493 e. The topological polar surface area (TPSA) is 153 Å². The molecule has 2 aliphatic heterocycles. The van der Waals surface area contributed by atoms with Crippen molar-refractivity contribution < 1.29 is 53.6 Å². The molecule has 2 aliphatic rings. The van der Waals surface area contributed by atoms with E-state index < -0.39 is 43.3 Å². The van der Waals surface area contributed by atoms with Crippen LogP contribution in [0.2, 0.25) is 0 Å². The van der Waals surface area contributed by atoms with Gasteiger partial charge in [0, 0.05) is 11.5 Å². The van der Waals surface area contributed by atoms with Crippen molar-refractivity contribution in [3.8, 4) is 23.0 Å². The molecule has 38 heavy (non-hydrogen) atoms. The molecule has 206 valence electrons. The molecule has 11 nitrogen and oxygen atoms in total. The molecule has 0 unspecified atom stereocenters. The van der Waals surface area contributed by atoms with Gasteiger partial charge in [0.05, 0.1) is 34.5 Å². The number of esters is 1. The third-order valence-electron chi connectivity index (χ3n) is 6.62. The number of rotatable bonds is 9. The Morgan fingerprint density at radius 1 is 0.895 bits per heavy atom. The molecule has 0 aromatic heterocycles. The van der Waals surface area contributed by atoms with Crippen LogP contribution in [0.5, 0.6) is 23.0 Å². The summed E-state index contributed by atoms with van der Waals surface area (Å²) in [4.78, 5) is 12.5. The van der Waals surface area contributed by atoms with Gasteiger partial charge in [-0.25, -0.2) is 4.79 Å². The second-order valence-electron chi connectivity index (χ2n) is 9.01. The van der Waals surface area contributed by atoms with Crippen LogP contribution < -0.4 is 18.9 Å². The van der Waals surface area contributed by atoms with Crippen molar-refractivity contribution in [2.24, 2.45) is 5.92 Å². The molecule has 0 radical (unpaired) electrons. The Morgan fingerprint density at radius 2 is 1.58 bits per heavy atom. The van der Waals surface area contributed by atoms with Crippen LogP contribution in [-0.2, 0) is 20.7 Å². The zero-order valence-electron chi connectivity index (χ0n) is 21.3. The number of cyclic esters (lactones) is 1. The van der Waals surface area contributed by atoms with E-state index in [9.17, 15) is 25.2 Å². The molecule has 4 N–H and O–H groups in total. The van der Waals surface area contributed by atoms with Crippen LogP contribution in [0, 0.1) is 5.92 Å². The van der Waals surface area contributed by atoms with E-state index in [1.54, 1.807) is 38.5 Å². The van der Waals surface area contributed by atoms with Crippen LogP contribution in [0.4, 0.5) is 0 Å². The van der Waals surface area contributed by atoms with Crippen molar-refractivity contribution in [3.63, 3.8) is 0 Å². The molecule has 0 bridgehead atoms. The van der Waals surface area contributed by atoms with E-state index in [0.717, 1.165) is 5.56 Å². The first-order valence-electron chi connectivity index (χ1n) is 12.0. The van der Waals surface area contributed by atoms with E-state index in [2.05, 4.69) is 0 Å². The molecule has 0 saturated carbocycles. The molecular formula is C27H32O11. The van der Waals surface area contributed by atoms with Gasteiger partial charge in [-0.2, -0.15) is 0 Å². The lowest BCUT2D eigenvalue weighted by atomic mass is 9.92. The molecule has 11 heteroatoms. The number of aliphatic hydroxyl groups is 4.